The molecule has 6 nitrogen and oxygen atoms in total. The maximum Gasteiger partial charge on any atom is 0.573 e. The zero-order valence-corrected chi connectivity index (χ0v) is 12.6. The Bertz CT molecular complexity index is 562. The molecular weight excluding hydrogens is 313 g/mol. The number of guanidine groups is 1. The van der Waals surface area contributed by atoms with Crippen LogP contribution in [0.25, 0.3) is 0 Å². The van der Waals surface area contributed by atoms with E-state index in [1.165, 1.54) is 24.3 Å². The Morgan fingerprint density at radius 3 is 2.61 bits per heavy atom. The largest absolute Gasteiger partial charge is 0.573 e. The van der Waals surface area contributed by atoms with Gasteiger partial charge in [-0.2, -0.15) is 0 Å². The van der Waals surface area contributed by atoms with Crippen LogP contribution in [0.1, 0.15) is 6.42 Å². The van der Waals surface area contributed by atoms with Crippen molar-refractivity contribution in [3.05, 3.63) is 24.3 Å². The fraction of sp³-hybridized carbons (Fsp3) is 0.500. The summed E-state index contributed by atoms with van der Waals surface area (Å²) in [5.74, 6) is -0.237. The predicted molar refractivity (Wildman–Crippen MR) is 80.3 cm³/mol. The lowest BCUT2D eigenvalue weighted by Gasteiger charge is -2.20. The number of aliphatic hydroxyl groups is 1. The highest BCUT2D eigenvalue weighted by Crippen LogP contribution is 2.24. The zero-order valence-electron chi connectivity index (χ0n) is 12.6. The number of anilines is 1. The van der Waals surface area contributed by atoms with Crippen molar-refractivity contribution in [1.82, 2.24) is 4.90 Å². The van der Waals surface area contributed by atoms with Crippen LogP contribution in [0.4, 0.5) is 18.9 Å². The van der Waals surface area contributed by atoms with Crippen molar-refractivity contribution in [2.75, 3.05) is 32.0 Å². The average Bonchev–Trinajstić information content (AvgIpc) is 2.78. The quantitative estimate of drug-likeness (QED) is 0.573. The lowest BCUT2D eigenvalue weighted by molar-refractivity contribution is -0.274. The van der Waals surface area contributed by atoms with Crippen LogP contribution in [0.2, 0.25) is 0 Å². The third-order valence-electron chi connectivity index (χ3n) is 3.43. The van der Waals surface area contributed by atoms with Crippen LogP contribution in [0.15, 0.2) is 29.3 Å². The fourth-order valence-corrected chi connectivity index (χ4v) is 2.35. The van der Waals surface area contributed by atoms with Crippen molar-refractivity contribution in [1.29, 1.82) is 0 Å². The molecule has 1 saturated heterocycles. The number of ether oxygens (including phenoxy) is 1. The maximum atomic E-state index is 12.1. The number of likely N-dealkylation sites (tertiary alicyclic amines) is 1. The summed E-state index contributed by atoms with van der Waals surface area (Å²) >= 11 is 0. The molecule has 0 aliphatic carbocycles. The van der Waals surface area contributed by atoms with Crippen molar-refractivity contribution in [3.63, 3.8) is 0 Å². The molecule has 4 N–H and O–H groups in total. The predicted octanol–water partition coefficient (Wildman–Crippen LogP) is 1.38. The summed E-state index contributed by atoms with van der Waals surface area (Å²) in [6, 6.07) is 5.12. The molecule has 1 aliphatic rings. The second kappa shape index (κ2) is 6.63. The third kappa shape index (κ3) is 5.61. The van der Waals surface area contributed by atoms with E-state index in [1.54, 1.807) is 0 Å². The minimum Gasteiger partial charge on any atom is -0.406 e. The van der Waals surface area contributed by atoms with Gasteiger partial charge in [-0.15, -0.1) is 13.2 Å². The van der Waals surface area contributed by atoms with Gasteiger partial charge in [-0.05, 0) is 37.7 Å². The number of likely N-dealkylation sites (N-methyl/N-ethyl adjacent to an activating group) is 1. The Morgan fingerprint density at radius 1 is 1.43 bits per heavy atom. The Kier molecular flexibility index (Phi) is 5.00. The number of benzene rings is 1. The lowest BCUT2D eigenvalue weighted by Crippen LogP contribution is -2.36. The molecule has 0 bridgehead atoms. The summed E-state index contributed by atoms with van der Waals surface area (Å²) in [6.07, 6.45) is -4.11. The molecule has 9 heteroatoms. The van der Waals surface area contributed by atoms with E-state index < -0.39 is 12.0 Å². The van der Waals surface area contributed by atoms with E-state index in [1.807, 2.05) is 11.9 Å². The molecule has 1 atom stereocenters. The van der Waals surface area contributed by atoms with Crippen molar-refractivity contribution < 1.29 is 23.0 Å². The summed E-state index contributed by atoms with van der Waals surface area (Å²) in [6.45, 7) is 1.47. The van der Waals surface area contributed by atoms with E-state index in [4.69, 9.17) is 5.73 Å². The van der Waals surface area contributed by atoms with Gasteiger partial charge in [0, 0.05) is 18.8 Å². The summed E-state index contributed by atoms with van der Waals surface area (Å²) < 4.78 is 40.0. The molecule has 23 heavy (non-hydrogen) atoms. The van der Waals surface area contributed by atoms with E-state index in [-0.39, 0.29) is 18.3 Å². The molecule has 1 fully saturated rings. The minimum absolute atomic E-state index is 0.0810. The number of rotatable bonds is 4. The summed E-state index contributed by atoms with van der Waals surface area (Å²) in [4.78, 5) is 6.08. The average molecular weight is 332 g/mol. The number of halogens is 3. The van der Waals surface area contributed by atoms with Gasteiger partial charge in [-0.3, -0.25) is 4.99 Å². The van der Waals surface area contributed by atoms with Gasteiger partial charge >= 0.3 is 6.36 Å². The second-order valence-electron chi connectivity index (χ2n) is 5.61. The molecule has 128 valence electrons. The smallest absolute Gasteiger partial charge is 0.406 e. The highest BCUT2D eigenvalue weighted by atomic mass is 19.4. The van der Waals surface area contributed by atoms with Crippen LogP contribution in [0.5, 0.6) is 5.75 Å². The third-order valence-corrected chi connectivity index (χ3v) is 3.43. The topological polar surface area (TPSA) is 83.1 Å². The number of alkyl halides is 3. The van der Waals surface area contributed by atoms with Crippen LogP contribution in [-0.2, 0) is 0 Å². The number of hydrogen-bond acceptors (Lipinski definition) is 4. The number of nitrogens with one attached hydrogen (secondary N) is 1. The number of hydrogen-bond donors (Lipinski definition) is 3. The van der Waals surface area contributed by atoms with Gasteiger partial charge in [0.05, 0.1) is 12.1 Å². The Hall–Kier alpha value is -2.00. The number of aliphatic imine (C=N–C) groups is 1. The highest BCUT2D eigenvalue weighted by Gasteiger charge is 2.34. The Labute approximate surface area is 131 Å². The first-order valence-corrected chi connectivity index (χ1v) is 6.99. The Morgan fingerprint density at radius 2 is 2.09 bits per heavy atom. The van der Waals surface area contributed by atoms with E-state index >= 15 is 0 Å². The molecule has 0 radical (unpaired) electrons. The monoisotopic (exact) mass is 332 g/mol. The van der Waals surface area contributed by atoms with Gasteiger partial charge in [0.1, 0.15) is 5.75 Å². The van der Waals surface area contributed by atoms with Crippen LogP contribution in [0, 0.1) is 0 Å². The molecule has 0 saturated carbocycles. The highest BCUT2D eigenvalue weighted by molar-refractivity contribution is 5.92. The van der Waals surface area contributed by atoms with Gasteiger partial charge in [0.25, 0.3) is 0 Å². The molecule has 1 aliphatic heterocycles. The SMILES string of the molecule is CN1CCC(O)(CN=C(N)Nc2ccc(OC(F)(F)F)cc2)C1. The first-order chi connectivity index (χ1) is 10.7. The standard InChI is InChI=1S/C14H19F3N4O2/c1-21-7-6-13(22,9-21)8-19-12(18)20-10-2-4-11(5-3-10)23-14(15,16)17/h2-5,22H,6-9H2,1H3,(H3,18,19,20). The molecule has 0 spiro atoms. The summed E-state index contributed by atoms with van der Waals surface area (Å²) in [5.41, 5.74) is 5.29. The second-order valence-corrected chi connectivity index (χ2v) is 5.61. The summed E-state index contributed by atoms with van der Waals surface area (Å²) in [5, 5.41) is 13.0. The van der Waals surface area contributed by atoms with E-state index in [0.29, 0.717) is 18.7 Å². The normalized spacial score (nSPS) is 23.1. The van der Waals surface area contributed by atoms with Crippen LogP contribution >= 0.6 is 0 Å². The molecule has 0 aromatic heterocycles. The van der Waals surface area contributed by atoms with Gasteiger partial charge in [0.2, 0.25) is 0 Å². The summed E-state index contributed by atoms with van der Waals surface area (Å²) in [7, 11) is 1.91. The van der Waals surface area contributed by atoms with Crippen LogP contribution in [0.3, 0.4) is 0 Å². The fourth-order valence-electron chi connectivity index (χ4n) is 2.35. The van der Waals surface area contributed by atoms with Crippen LogP contribution < -0.4 is 15.8 Å². The number of β-amino-alcohol motifs (C(OH)–C–C–N with tert-alkyl or cyclic N) is 1. The first-order valence-electron chi connectivity index (χ1n) is 6.99. The van der Waals surface area contributed by atoms with Gasteiger partial charge < -0.3 is 25.8 Å². The Balaban J connectivity index is 1.89. The van der Waals surface area contributed by atoms with Crippen molar-refractivity contribution in [3.8, 4) is 5.75 Å². The lowest BCUT2D eigenvalue weighted by atomic mass is 10.0. The number of nitrogens with zero attached hydrogens (tertiary/aromatic N) is 2. The van der Waals surface area contributed by atoms with Crippen LogP contribution in [-0.4, -0.2) is 54.6 Å². The van der Waals surface area contributed by atoms with Gasteiger partial charge in [0.15, 0.2) is 5.96 Å². The van der Waals surface area contributed by atoms with Gasteiger partial charge in [-0.25, -0.2) is 0 Å². The molecule has 0 amide bonds. The van der Waals surface area contributed by atoms with E-state index in [0.717, 1.165) is 6.54 Å². The molecule has 2 rings (SSSR count). The van der Waals surface area contributed by atoms with E-state index in [9.17, 15) is 18.3 Å². The van der Waals surface area contributed by atoms with Gasteiger partial charge in [-0.1, -0.05) is 0 Å². The number of nitrogens with two attached hydrogens (primary N) is 1. The minimum atomic E-state index is -4.72. The van der Waals surface area contributed by atoms with Crippen molar-refractivity contribution in [2.24, 2.45) is 10.7 Å². The zero-order chi connectivity index (χ0) is 17.1. The van der Waals surface area contributed by atoms with Crippen molar-refractivity contribution >= 4 is 11.6 Å². The molecule has 1 aromatic carbocycles. The maximum absolute atomic E-state index is 12.1. The molecule has 1 heterocycles. The molecular formula is C14H19F3N4O2. The molecule has 1 unspecified atom stereocenters. The first kappa shape index (κ1) is 17.4. The van der Waals surface area contributed by atoms with Crippen molar-refractivity contribution in [2.45, 2.75) is 18.4 Å². The molecule has 1 aromatic rings. The van der Waals surface area contributed by atoms with E-state index in [2.05, 4.69) is 15.0 Å².